The third-order valence-corrected chi connectivity index (χ3v) is 4.06. The van der Waals surface area contributed by atoms with Crippen LogP contribution in [0.1, 0.15) is 32.1 Å². The van der Waals surface area contributed by atoms with Gasteiger partial charge in [-0.05, 0) is 25.7 Å². The second kappa shape index (κ2) is 6.01. The largest absolute Gasteiger partial charge is 0.391 e. The van der Waals surface area contributed by atoms with Gasteiger partial charge in [0.25, 0.3) is 0 Å². The van der Waals surface area contributed by atoms with Gasteiger partial charge in [0.05, 0.1) is 12.5 Å². The minimum absolute atomic E-state index is 0.0357. The fourth-order valence-corrected chi connectivity index (χ4v) is 2.96. The molecule has 2 fully saturated rings. The summed E-state index contributed by atoms with van der Waals surface area (Å²) in [4.78, 5) is 25.1. The highest BCUT2D eigenvalue weighted by molar-refractivity contribution is 5.86. The van der Waals surface area contributed by atoms with Gasteiger partial charge in [0.2, 0.25) is 11.8 Å². The number of hydrogen-bond acceptors (Lipinski definition) is 2. The quantitative estimate of drug-likeness (QED) is 0.800. The van der Waals surface area contributed by atoms with E-state index in [-0.39, 0.29) is 31.2 Å². The van der Waals surface area contributed by atoms with Gasteiger partial charge in [-0.1, -0.05) is 6.42 Å². The maximum absolute atomic E-state index is 12.8. The molecule has 0 bridgehead atoms. The number of nitrogens with zero attached hydrogens (tertiary/aromatic N) is 1. The Kier molecular flexibility index (Phi) is 4.55. The molecule has 1 heterocycles. The van der Waals surface area contributed by atoms with Crippen molar-refractivity contribution < 1.29 is 22.8 Å². The van der Waals surface area contributed by atoms with E-state index in [1.54, 1.807) is 0 Å². The van der Waals surface area contributed by atoms with Crippen molar-refractivity contribution in [3.8, 4) is 0 Å². The molecule has 114 valence electrons. The summed E-state index contributed by atoms with van der Waals surface area (Å²) in [5.41, 5.74) is 0. The van der Waals surface area contributed by atoms with Gasteiger partial charge >= 0.3 is 6.18 Å². The van der Waals surface area contributed by atoms with Crippen LogP contribution < -0.4 is 5.32 Å². The summed E-state index contributed by atoms with van der Waals surface area (Å²) in [5, 5.41) is 2.65. The van der Waals surface area contributed by atoms with Gasteiger partial charge in [-0.3, -0.25) is 9.59 Å². The molecule has 0 aromatic heterocycles. The number of amides is 2. The summed E-state index contributed by atoms with van der Waals surface area (Å²) in [7, 11) is 0. The number of halogens is 3. The molecule has 2 atom stereocenters. The molecule has 2 unspecified atom stereocenters. The number of carbonyl (C=O) groups excluding carboxylic acids is 2. The molecule has 0 spiro atoms. The van der Waals surface area contributed by atoms with E-state index in [1.165, 1.54) is 4.90 Å². The van der Waals surface area contributed by atoms with Crippen molar-refractivity contribution in [1.29, 1.82) is 0 Å². The average molecular weight is 292 g/mol. The third-order valence-electron chi connectivity index (χ3n) is 4.06. The molecule has 1 aliphatic heterocycles. The molecule has 4 nitrogen and oxygen atoms in total. The lowest BCUT2D eigenvalue weighted by Gasteiger charge is -2.32. The molecule has 7 heteroatoms. The van der Waals surface area contributed by atoms with E-state index < -0.39 is 18.0 Å². The van der Waals surface area contributed by atoms with Gasteiger partial charge in [-0.25, -0.2) is 0 Å². The molecule has 2 rings (SSSR count). The Balaban J connectivity index is 1.99. The maximum Gasteiger partial charge on any atom is 0.391 e. The van der Waals surface area contributed by atoms with Gasteiger partial charge < -0.3 is 10.2 Å². The van der Waals surface area contributed by atoms with E-state index >= 15 is 0 Å². The summed E-state index contributed by atoms with van der Waals surface area (Å²) in [6.45, 7) is 0.912. The van der Waals surface area contributed by atoms with Crippen molar-refractivity contribution >= 4 is 11.8 Å². The molecule has 1 N–H and O–H groups in total. The van der Waals surface area contributed by atoms with E-state index in [4.69, 9.17) is 0 Å². The normalized spacial score (nSPS) is 28.8. The first kappa shape index (κ1) is 15.1. The lowest BCUT2D eigenvalue weighted by molar-refractivity contribution is -0.187. The van der Waals surface area contributed by atoms with Crippen molar-refractivity contribution in [2.24, 2.45) is 11.8 Å². The highest BCUT2D eigenvalue weighted by atomic mass is 19.4. The van der Waals surface area contributed by atoms with Crippen molar-refractivity contribution in [3.05, 3.63) is 0 Å². The van der Waals surface area contributed by atoms with E-state index in [2.05, 4.69) is 5.32 Å². The van der Waals surface area contributed by atoms with Crippen molar-refractivity contribution in [1.82, 2.24) is 10.2 Å². The van der Waals surface area contributed by atoms with Gasteiger partial charge in [0.1, 0.15) is 0 Å². The molecule has 1 saturated carbocycles. The predicted molar refractivity (Wildman–Crippen MR) is 65.7 cm³/mol. The molecule has 1 aliphatic carbocycles. The van der Waals surface area contributed by atoms with Crippen LogP contribution in [0.25, 0.3) is 0 Å². The summed E-state index contributed by atoms with van der Waals surface area (Å²) >= 11 is 0. The zero-order valence-corrected chi connectivity index (χ0v) is 11.2. The molecule has 20 heavy (non-hydrogen) atoms. The predicted octanol–water partition coefficient (Wildman–Crippen LogP) is 1.70. The number of carbonyl (C=O) groups is 2. The molecule has 2 aliphatic rings. The highest BCUT2D eigenvalue weighted by Gasteiger charge is 2.44. The molecule has 0 radical (unpaired) electrons. The van der Waals surface area contributed by atoms with E-state index in [0.717, 1.165) is 0 Å². The molecular weight excluding hydrogens is 273 g/mol. The number of nitrogens with one attached hydrogen (secondary N) is 1. The smallest absolute Gasteiger partial charge is 0.354 e. The van der Waals surface area contributed by atoms with Gasteiger partial charge in [-0.15, -0.1) is 0 Å². The fraction of sp³-hybridized carbons (Fsp3) is 0.846. The monoisotopic (exact) mass is 292 g/mol. The Morgan fingerprint density at radius 1 is 1.25 bits per heavy atom. The van der Waals surface area contributed by atoms with Crippen LogP contribution in [0.3, 0.4) is 0 Å². The van der Waals surface area contributed by atoms with E-state index in [1.807, 2.05) is 0 Å². The first-order chi connectivity index (χ1) is 9.38. The van der Waals surface area contributed by atoms with Crippen LogP contribution in [-0.2, 0) is 9.59 Å². The van der Waals surface area contributed by atoms with Crippen molar-refractivity contribution in [2.75, 3.05) is 19.6 Å². The molecule has 2 amide bonds. The average Bonchev–Trinajstić information content (AvgIpc) is 2.62. The second-order valence-corrected chi connectivity index (χ2v) is 5.57. The van der Waals surface area contributed by atoms with Gasteiger partial charge in [0.15, 0.2) is 0 Å². The van der Waals surface area contributed by atoms with Crippen LogP contribution in [-0.4, -0.2) is 42.5 Å². The number of hydrogen-bond donors (Lipinski definition) is 1. The van der Waals surface area contributed by atoms with Crippen LogP contribution in [0.2, 0.25) is 0 Å². The van der Waals surface area contributed by atoms with Crippen LogP contribution in [0.4, 0.5) is 13.2 Å². The fourth-order valence-electron chi connectivity index (χ4n) is 2.96. The lowest BCUT2D eigenvalue weighted by atomic mass is 9.80. The van der Waals surface area contributed by atoms with Crippen molar-refractivity contribution in [3.63, 3.8) is 0 Å². The summed E-state index contributed by atoms with van der Waals surface area (Å²) < 4.78 is 38.3. The van der Waals surface area contributed by atoms with Crippen LogP contribution in [0.5, 0.6) is 0 Å². The SMILES string of the molecule is O=C1CN(C(=O)C2CCCC(C(F)(F)F)C2)CCCN1. The highest BCUT2D eigenvalue weighted by Crippen LogP contribution is 2.40. The van der Waals surface area contributed by atoms with E-state index in [0.29, 0.717) is 32.4 Å². The zero-order chi connectivity index (χ0) is 14.8. The summed E-state index contributed by atoms with van der Waals surface area (Å²) in [5.74, 6) is -2.51. The van der Waals surface area contributed by atoms with Crippen LogP contribution in [0.15, 0.2) is 0 Å². The standard InChI is InChI=1S/C13H19F3N2O2/c14-13(15,16)10-4-1-3-9(7-10)12(20)18-6-2-5-17-11(19)8-18/h9-10H,1-8H2,(H,17,19). The van der Waals surface area contributed by atoms with Gasteiger partial charge in [0, 0.05) is 19.0 Å². The second-order valence-electron chi connectivity index (χ2n) is 5.57. The lowest BCUT2D eigenvalue weighted by Crippen LogP contribution is -2.43. The van der Waals surface area contributed by atoms with Crippen molar-refractivity contribution in [2.45, 2.75) is 38.3 Å². The number of rotatable bonds is 1. The maximum atomic E-state index is 12.8. The Hall–Kier alpha value is -1.27. The minimum Gasteiger partial charge on any atom is -0.354 e. The Morgan fingerprint density at radius 2 is 2.00 bits per heavy atom. The van der Waals surface area contributed by atoms with E-state index in [9.17, 15) is 22.8 Å². The molecule has 0 aromatic carbocycles. The molecule has 1 saturated heterocycles. The first-order valence-electron chi connectivity index (χ1n) is 7.00. The molecule has 0 aromatic rings. The minimum atomic E-state index is -4.23. The topological polar surface area (TPSA) is 49.4 Å². The Labute approximate surface area is 115 Å². The van der Waals surface area contributed by atoms with Gasteiger partial charge in [-0.2, -0.15) is 13.2 Å². The first-order valence-corrected chi connectivity index (χ1v) is 7.00. The Morgan fingerprint density at radius 3 is 2.70 bits per heavy atom. The molecular formula is C13H19F3N2O2. The number of alkyl halides is 3. The Bertz CT molecular complexity index is 384. The zero-order valence-electron chi connectivity index (χ0n) is 11.2. The summed E-state index contributed by atoms with van der Waals surface area (Å²) in [6.07, 6.45) is -2.71. The third kappa shape index (κ3) is 3.64. The summed E-state index contributed by atoms with van der Waals surface area (Å²) in [6, 6.07) is 0. The van der Waals surface area contributed by atoms with Crippen LogP contribution in [0, 0.1) is 11.8 Å². The van der Waals surface area contributed by atoms with Crippen LogP contribution >= 0.6 is 0 Å².